The van der Waals surface area contributed by atoms with Gasteiger partial charge in [-0.2, -0.15) is 0 Å². The van der Waals surface area contributed by atoms with E-state index in [9.17, 15) is 0 Å². The molecule has 0 bridgehead atoms. The lowest BCUT2D eigenvalue weighted by atomic mass is 10.1. The Hall–Kier alpha value is -1.10. The Morgan fingerprint density at radius 1 is 1.32 bits per heavy atom. The lowest BCUT2D eigenvalue weighted by molar-refractivity contribution is 0.00746. The van der Waals surface area contributed by atoms with Crippen LogP contribution >= 0.6 is 15.9 Å². The quantitative estimate of drug-likeness (QED) is 0.872. The van der Waals surface area contributed by atoms with Crippen molar-refractivity contribution in [3.63, 3.8) is 0 Å². The molecule has 2 rings (SSSR count). The molecule has 1 aromatic carbocycles. The molecule has 0 saturated heterocycles. The molecule has 1 aromatic heterocycles. The first-order valence-corrected chi connectivity index (χ1v) is 7.15. The van der Waals surface area contributed by atoms with Crippen molar-refractivity contribution >= 4 is 15.9 Å². The first-order chi connectivity index (χ1) is 9.20. The molecule has 0 aliphatic rings. The van der Waals surface area contributed by atoms with Crippen LogP contribution in [0.25, 0.3) is 0 Å². The monoisotopic (exact) mass is 323 g/mol. The molecule has 0 aliphatic heterocycles. The highest BCUT2D eigenvalue weighted by molar-refractivity contribution is 9.10. The molecule has 2 N–H and O–H groups in total. The zero-order valence-electron chi connectivity index (χ0n) is 10.9. The van der Waals surface area contributed by atoms with Crippen LogP contribution in [0.5, 0.6) is 0 Å². The van der Waals surface area contributed by atoms with Crippen LogP contribution in [0.4, 0.5) is 0 Å². The Morgan fingerprint density at radius 3 is 2.79 bits per heavy atom. The van der Waals surface area contributed by atoms with Crippen LogP contribution in [0.2, 0.25) is 0 Å². The van der Waals surface area contributed by atoms with Gasteiger partial charge in [0.25, 0.3) is 0 Å². The molecule has 2 aromatic rings. The summed E-state index contributed by atoms with van der Waals surface area (Å²) in [6, 6.07) is 11.7. The number of ether oxygens (including phenoxy) is 1. The lowest BCUT2D eigenvalue weighted by Crippen LogP contribution is -2.29. The standard InChI is InChI=1S/C15H18BrNO2/c1-2-13(17)15(14-7-4-8-18-14)19-10-11-5-3-6-12(16)9-11/h3-9,13,15H,2,10,17H2,1H3. The second-order valence-corrected chi connectivity index (χ2v) is 5.36. The van der Waals surface area contributed by atoms with Gasteiger partial charge in [0, 0.05) is 10.5 Å². The van der Waals surface area contributed by atoms with E-state index in [0.717, 1.165) is 22.2 Å². The largest absolute Gasteiger partial charge is 0.467 e. The molecular formula is C15H18BrNO2. The minimum Gasteiger partial charge on any atom is -0.467 e. The topological polar surface area (TPSA) is 48.4 Å². The summed E-state index contributed by atoms with van der Waals surface area (Å²) in [5.41, 5.74) is 7.21. The fourth-order valence-electron chi connectivity index (χ4n) is 1.90. The van der Waals surface area contributed by atoms with Crippen molar-refractivity contribution in [3.05, 3.63) is 58.5 Å². The van der Waals surface area contributed by atoms with Gasteiger partial charge in [-0.3, -0.25) is 0 Å². The number of furan rings is 1. The maximum Gasteiger partial charge on any atom is 0.134 e. The van der Waals surface area contributed by atoms with Crippen molar-refractivity contribution in [3.8, 4) is 0 Å². The number of hydrogen-bond donors (Lipinski definition) is 1. The number of halogens is 1. The Kier molecular flexibility index (Phi) is 5.19. The molecule has 2 unspecified atom stereocenters. The van der Waals surface area contributed by atoms with Gasteiger partial charge in [0.2, 0.25) is 0 Å². The van der Waals surface area contributed by atoms with Crippen molar-refractivity contribution in [1.29, 1.82) is 0 Å². The first kappa shape index (κ1) is 14.3. The van der Waals surface area contributed by atoms with Crippen molar-refractivity contribution in [1.82, 2.24) is 0 Å². The summed E-state index contributed by atoms with van der Waals surface area (Å²) in [4.78, 5) is 0. The molecule has 0 fully saturated rings. The van der Waals surface area contributed by atoms with Crippen molar-refractivity contribution < 1.29 is 9.15 Å². The van der Waals surface area contributed by atoms with Crippen LogP contribution in [0.3, 0.4) is 0 Å². The third-order valence-electron chi connectivity index (χ3n) is 3.00. The summed E-state index contributed by atoms with van der Waals surface area (Å²) in [6.07, 6.45) is 2.27. The molecule has 0 amide bonds. The van der Waals surface area contributed by atoms with Crippen molar-refractivity contribution in [2.75, 3.05) is 0 Å². The fraction of sp³-hybridized carbons (Fsp3) is 0.333. The molecule has 0 saturated carbocycles. The highest BCUT2D eigenvalue weighted by Gasteiger charge is 2.21. The molecule has 19 heavy (non-hydrogen) atoms. The maximum absolute atomic E-state index is 6.11. The molecule has 0 radical (unpaired) electrons. The predicted octanol–water partition coefficient (Wildman–Crippen LogP) is 4.04. The molecular weight excluding hydrogens is 306 g/mol. The van der Waals surface area contributed by atoms with Gasteiger partial charge in [-0.1, -0.05) is 35.0 Å². The van der Waals surface area contributed by atoms with Crippen LogP contribution in [0.1, 0.15) is 30.8 Å². The number of nitrogens with two attached hydrogens (primary N) is 1. The summed E-state index contributed by atoms with van der Waals surface area (Å²) in [5.74, 6) is 0.782. The van der Waals surface area contributed by atoms with Gasteiger partial charge >= 0.3 is 0 Å². The van der Waals surface area contributed by atoms with E-state index in [4.69, 9.17) is 14.9 Å². The van der Waals surface area contributed by atoms with Crippen molar-refractivity contribution in [2.45, 2.75) is 32.1 Å². The lowest BCUT2D eigenvalue weighted by Gasteiger charge is -2.21. The molecule has 2 atom stereocenters. The van der Waals surface area contributed by atoms with E-state index in [1.54, 1.807) is 6.26 Å². The van der Waals surface area contributed by atoms with Crippen LogP contribution in [0.15, 0.2) is 51.6 Å². The third kappa shape index (κ3) is 3.93. The van der Waals surface area contributed by atoms with Crippen LogP contribution < -0.4 is 5.73 Å². The summed E-state index contributed by atoms with van der Waals surface area (Å²) < 4.78 is 12.4. The van der Waals surface area contributed by atoms with Crippen LogP contribution in [0, 0.1) is 0 Å². The zero-order valence-corrected chi connectivity index (χ0v) is 12.5. The molecule has 3 nitrogen and oxygen atoms in total. The Morgan fingerprint density at radius 2 is 2.16 bits per heavy atom. The normalized spacial score (nSPS) is 14.3. The van der Waals surface area contributed by atoms with Crippen LogP contribution in [-0.2, 0) is 11.3 Å². The SMILES string of the molecule is CCC(N)C(OCc1cccc(Br)c1)c1ccco1. The summed E-state index contributed by atoms with van der Waals surface area (Å²) >= 11 is 3.45. The minimum absolute atomic E-state index is 0.0710. The predicted molar refractivity (Wildman–Crippen MR) is 78.6 cm³/mol. The summed E-state index contributed by atoms with van der Waals surface area (Å²) in [5, 5.41) is 0. The van der Waals surface area contributed by atoms with E-state index in [1.807, 2.05) is 43.3 Å². The number of benzene rings is 1. The maximum atomic E-state index is 6.11. The molecule has 4 heteroatoms. The smallest absolute Gasteiger partial charge is 0.134 e. The van der Waals surface area contributed by atoms with Crippen LogP contribution in [-0.4, -0.2) is 6.04 Å². The highest BCUT2D eigenvalue weighted by atomic mass is 79.9. The van der Waals surface area contributed by atoms with Gasteiger partial charge < -0.3 is 14.9 Å². The second-order valence-electron chi connectivity index (χ2n) is 4.45. The van der Waals surface area contributed by atoms with Crippen molar-refractivity contribution in [2.24, 2.45) is 5.73 Å². The van der Waals surface area contributed by atoms with Gasteiger partial charge in [0.1, 0.15) is 11.9 Å². The van der Waals surface area contributed by atoms with E-state index in [1.165, 1.54) is 0 Å². The van der Waals surface area contributed by atoms with E-state index < -0.39 is 0 Å². The van der Waals surface area contributed by atoms with Gasteiger partial charge in [0.05, 0.1) is 12.9 Å². The Bertz CT molecular complexity index is 499. The highest BCUT2D eigenvalue weighted by Crippen LogP contribution is 2.24. The average molecular weight is 324 g/mol. The zero-order chi connectivity index (χ0) is 13.7. The molecule has 0 spiro atoms. The number of rotatable bonds is 6. The van der Waals surface area contributed by atoms with E-state index in [0.29, 0.717) is 6.61 Å². The summed E-state index contributed by atoms with van der Waals surface area (Å²) in [6.45, 7) is 2.56. The fourth-order valence-corrected chi connectivity index (χ4v) is 2.34. The van der Waals surface area contributed by atoms with E-state index in [-0.39, 0.29) is 12.1 Å². The Balaban J connectivity index is 2.05. The number of hydrogen-bond acceptors (Lipinski definition) is 3. The molecule has 1 heterocycles. The minimum atomic E-state index is -0.209. The van der Waals surface area contributed by atoms with E-state index >= 15 is 0 Å². The van der Waals surface area contributed by atoms with Gasteiger partial charge in [-0.05, 0) is 36.2 Å². The van der Waals surface area contributed by atoms with Gasteiger partial charge in [-0.15, -0.1) is 0 Å². The Labute approximate surface area is 121 Å². The van der Waals surface area contributed by atoms with E-state index in [2.05, 4.69) is 15.9 Å². The summed E-state index contributed by atoms with van der Waals surface area (Å²) in [7, 11) is 0. The van der Waals surface area contributed by atoms with Gasteiger partial charge in [0.15, 0.2) is 0 Å². The van der Waals surface area contributed by atoms with Gasteiger partial charge in [-0.25, -0.2) is 0 Å². The molecule has 102 valence electrons. The first-order valence-electron chi connectivity index (χ1n) is 6.35. The second kappa shape index (κ2) is 6.89. The third-order valence-corrected chi connectivity index (χ3v) is 3.50. The molecule has 0 aliphatic carbocycles. The average Bonchev–Trinajstić information content (AvgIpc) is 2.92.